The van der Waals surface area contributed by atoms with Crippen molar-refractivity contribution in [2.75, 3.05) is 13.1 Å². The monoisotopic (exact) mass is 357 g/mol. The first-order valence-corrected chi connectivity index (χ1v) is 8.88. The molecule has 5 nitrogen and oxygen atoms in total. The summed E-state index contributed by atoms with van der Waals surface area (Å²) in [7, 11) is 0. The standard InChI is InChI=1S/C18H16FN3O2S/c1-10-14-16(23)20-9-21-17(14)25-15(10)18(24)22-7-6-11(8-22)12-4-2-3-5-13(12)19/h2-5,9,11H,6-8H2,1H3,(H,20,21,23)/t11-/m1/s1. The lowest BCUT2D eigenvalue weighted by molar-refractivity contribution is 0.0795. The largest absolute Gasteiger partial charge is 0.337 e. The fourth-order valence-electron chi connectivity index (χ4n) is 3.43. The lowest BCUT2D eigenvalue weighted by atomic mass is 9.98. The average molecular weight is 357 g/mol. The Morgan fingerprint density at radius 1 is 1.40 bits per heavy atom. The van der Waals surface area contributed by atoms with E-state index in [1.165, 1.54) is 23.7 Å². The molecule has 0 saturated carbocycles. The van der Waals surface area contributed by atoms with Crippen molar-refractivity contribution >= 4 is 27.5 Å². The van der Waals surface area contributed by atoms with Crippen LogP contribution in [-0.2, 0) is 0 Å². The van der Waals surface area contributed by atoms with Gasteiger partial charge in [-0.05, 0) is 30.5 Å². The van der Waals surface area contributed by atoms with Crippen LogP contribution in [0.15, 0.2) is 35.4 Å². The van der Waals surface area contributed by atoms with Gasteiger partial charge in [0, 0.05) is 19.0 Å². The summed E-state index contributed by atoms with van der Waals surface area (Å²) in [6, 6.07) is 6.72. The number of H-pyrrole nitrogens is 1. The Morgan fingerprint density at radius 2 is 2.20 bits per heavy atom. The van der Waals surface area contributed by atoms with Crippen molar-refractivity contribution in [3.63, 3.8) is 0 Å². The molecule has 1 aliphatic heterocycles. The Bertz CT molecular complexity index is 1030. The van der Waals surface area contributed by atoms with E-state index in [1.807, 2.05) is 6.07 Å². The molecule has 0 aliphatic carbocycles. The summed E-state index contributed by atoms with van der Waals surface area (Å²) >= 11 is 1.24. The number of aryl methyl sites for hydroxylation is 1. The molecule has 1 aromatic carbocycles. The molecule has 0 unspecified atom stereocenters. The molecule has 1 amide bonds. The van der Waals surface area contributed by atoms with Gasteiger partial charge in [-0.2, -0.15) is 0 Å². The number of thiophene rings is 1. The minimum absolute atomic E-state index is 0.00126. The van der Waals surface area contributed by atoms with Crippen molar-refractivity contribution in [2.24, 2.45) is 0 Å². The first kappa shape index (κ1) is 16.0. The lowest BCUT2D eigenvalue weighted by Gasteiger charge is -2.16. The number of hydrogen-bond acceptors (Lipinski definition) is 4. The Hall–Kier alpha value is -2.54. The second-order valence-corrected chi connectivity index (χ2v) is 7.23. The minimum atomic E-state index is -0.233. The third-order valence-electron chi connectivity index (χ3n) is 4.75. The van der Waals surface area contributed by atoms with Crippen LogP contribution in [0.5, 0.6) is 0 Å². The maximum absolute atomic E-state index is 14.0. The Kier molecular flexibility index (Phi) is 3.88. The lowest BCUT2D eigenvalue weighted by Crippen LogP contribution is -2.28. The third-order valence-corrected chi connectivity index (χ3v) is 5.94. The molecule has 7 heteroatoms. The molecule has 2 aromatic heterocycles. The van der Waals surface area contributed by atoms with Gasteiger partial charge in [0.25, 0.3) is 11.5 Å². The number of hydrogen-bond donors (Lipinski definition) is 1. The summed E-state index contributed by atoms with van der Waals surface area (Å²) in [4.78, 5) is 34.4. The number of fused-ring (bicyclic) bond motifs is 1. The van der Waals surface area contributed by atoms with Gasteiger partial charge in [-0.25, -0.2) is 9.37 Å². The second-order valence-electron chi connectivity index (χ2n) is 6.23. The molecule has 1 aliphatic rings. The van der Waals surface area contributed by atoms with Gasteiger partial charge in [0.2, 0.25) is 0 Å². The van der Waals surface area contributed by atoms with Gasteiger partial charge in [0.05, 0.1) is 16.6 Å². The fraction of sp³-hybridized carbons (Fsp3) is 0.278. The average Bonchev–Trinajstić information content (AvgIpc) is 3.21. The summed E-state index contributed by atoms with van der Waals surface area (Å²) in [5.74, 6) is -0.337. The molecular weight excluding hydrogens is 341 g/mol. The molecule has 1 N–H and O–H groups in total. The molecule has 3 heterocycles. The first-order valence-electron chi connectivity index (χ1n) is 8.06. The van der Waals surface area contributed by atoms with E-state index in [2.05, 4.69) is 9.97 Å². The van der Waals surface area contributed by atoms with Crippen LogP contribution in [0.4, 0.5) is 4.39 Å². The van der Waals surface area contributed by atoms with Crippen LogP contribution >= 0.6 is 11.3 Å². The van der Waals surface area contributed by atoms with Gasteiger partial charge in [-0.1, -0.05) is 18.2 Å². The molecule has 25 heavy (non-hydrogen) atoms. The van der Waals surface area contributed by atoms with Crippen molar-refractivity contribution in [1.82, 2.24) is 14.9 Å². The zero-order valence-electron chi connectivity index (χ0n) is 13.6. The maximum Gasteiger partial charge on any atom is 0.264 e. The number of carbonyl (C=O) groups excluding carboxylic acids is 1. The second kappa shape index (κ2) is 6.07. The molecule has 1 fully saturated rings. The highest BCUT2D eigenvalue weighted by Gasteiger charge is 2.31. The molecular formula is C18H16FN3O2S. The number of aromatic nitrogens is 2. The van der Waals surface area contributed by atoms with Gasteiger partial charge < -0.3 is 9.88 Å². The summed E-state index contributed by atoms with van der Waals surface area (Å²) in [6.07, 6.45) is 2.08. The van der Waals surface area contributed by atoms with Gasteiger partial charge in [0.1, 0.15) is 10.6 Å². The number of carbonyl (C=O) groups is 1. The fourth-order valence-corrected chi connectivity index (χ4v) is 4.55. The normalized spacial score (nSPS) is 17.4. The highest BCUT2D eigenvalue weighted by Crippen LogP contribution is 2.33. The minimum Gasteiger partial charge on any atom is -0.337 e. The molecule has 1 atom stereocenters. The van der Waals surface area contributed by atoms with E-state index in [1.54, 1.807) is 24.0 Å². The topological polar surface area (TPSA) is 66.1 Å². The summed E-state index contributed by atoms with van der Waals surface area (Å²) < 4.78 is 14.0. The van der Waals surface area contributed by atoms with Crippen LogP contribution < -0.4 is 5.56 Å². The van der Waals surface area contributed by atoms with Crippen LogP contribution in [0.1, 0.15) is 33.1 Å². The van der Waals surface area contributed by atoms with Crippen molar-refractivity contribution in [3.05, 3.63) is 62.8 Å². The van der Waals surface area contributed by atoms with Crippen LogP contribution in [0.25, 0.3) is 10.2 Å². The Balaban J connectivity index is 1.63. The number of likely N-dealkylation sites (tertiary alicyclic amines) is 1. The number of amides is 1. The molecule has 0 radical (unpaired) electrons. The summed E-state index contributed by atoms with van der Waals surface area (Å²) in [5, 5.41) is 0.473. The van der Waals surface area contributed by atoms with Gasteiger partial charge in [-0.15, -0.1) is 11.3 Å². The molecule has 128 valence electrons. The van der Waals surface area contributed by atoms with Crippen molar-refractivity contribution in [3.8, 4) is 0 Å². The van der Waals surface area contributed by atoms with E-state index in [-0.39, 0.29) is 23.2 Å². The number of nitrogens with one attached hydrogen (secondary N) is 1. The van der Waals surface area contributed by atoms with Crippen molar-refractivity contribution in [1.29, 1.82) is 0 Å². The van der Waals surface area contributed by atoms with Crippen LogP contribution in [0.2, 0.25) is 0 Å². The molecule has 0 spiro atoms. The molecule has 4 rings (SSSR count). The van der Waals surface area contributed by atoms with E-state index in [0.717, 1.165) is 6.42 Å². The zero-order valence-corrected chi connectivity index (χ0v) is 14.4. The maximum atomic E-state index is 14.0. The van der Waals surface area contributed by atoms with Crippen LogP contribution in [-0.4, -0.2) is 33.9 Å². The Morgan fingerprint density at radius 3 is 2.96 bits per heavy atom. The number of halogens is 1. The quantitative estimate of drug-likeness (QED) is 0.767. The van der Waals surface area contributed by atoms with Crippen molar-refractivity contribution in [2.45, 2.75) is 19.3 Å². The first-order chi connectivity index (χ1) is 12.1. The van der Waals surface area contributed by atoms with E-state index >= 15 is 0 Å². The number of rotatable bonds is 2. The van der Waals surface area contributed by atoms with E-state index in [4.69, 9.17) is 0 Å². The van der Waals surface area contributed by atoms with Gasteiger partial charge >= 0.3 is 0 Å². The van der Waals surface area contributed by atoms with Crippen LogP contribution in [0, 0.1) is 12.7 Å². The molecule has 3 aromatic rings. The van der Waals surface area contributed by atoms with Crippen LogP contribution in [0.3, 0.4) is 0 Å². The predicted octanol–water partition coefficient (Wildman–Crippen LogP) is 3.06. The number of nitrogens with zero attached hydrogens (tertiary/aromatic N) is 2. The number of benzene rings is 1. The van der Waals surface area contributed by atoms with E-state index in [0.29, 0.717) is 39.3 Å². The molecule has 0 bridgehead atoms. The molecule has 1 saturated heterocycles. The SMILES string of the molecule is Cc1c(C(=O)N2CC[C@@H](c3ccccc3F)C2)sc2nc[nH]c(=O)c12. The smallest absolute Gasteiger partial charge is 0.264 e. The van der Waals surface area contributed by atoms with Gasteiger partial charge in [-0.3, -0.25) is 9.59 Å². The van der Waals surface area contributed by atoms with E-state index < -0.39 is 0 Å². The van der Waals surface area contributed by atoms with Crippen molar-refractivity contribution < 1.29 is 9.18 Å². The highest BCUT2D eigenvalue weighted by molar-refractivity contribution is 7.20. The predicted molar refractivity (Wildman–Crippen MR) is 94.6 cm³/mol. The highest BCUT2D eigenvalue weighted by atomic mass is 32.1. The third kappa shape index (κ3) is 2.64. The van der Waals surface area contributed by atoms with E-state index in [9.17, 15) is 14.0 Å². The summed E-state index contributed by atoms with van der Waals surface area (Å²) in [6.45, 7) is 2.83. The van der Waals surface area contributed by atoms with Gasteiger partial charge in [0.15, 0.2) is 0 Å². The zero-order chi connectivity index (χ0) is 17.6. The summed E-state index contributed by atoms with van der Waals surface area (Å²) in [5.41, 5.74) is 1.08. The Labute approximate surface area is 147 Å². The number of aromatic amines is 1.